The minimum absolute atomic E-state index is 0.0687. The number of methoxy groups -OCH3 is 1. The molecule has 0 unspecified atom stereocenters. The van der Waals surface area contributed by atoms with Gasteiger partial charge in [0.2, 0.25) is 0 Å². The minimum Gasteiger partial charge on any atom is -0.494 e. The summed E-state index contributed by atoms with van der Waals surface area (Å²) in [5, 5.41) is 0. The van der Waals surface area contributed by atoms with Gasteiger partial charge in [-0.3, -0.25) is 9.78 Å². The van der Waals surface area contributed by atoms with Crippen LogP contribution in [0.5, 0.6) is 5.75 Å². The van der Waals surface area contributed by atoms with Gasteiger partial charge in [-0.05, 0) is 18.6 Å². The molecule has 2 aromatic rings. The van der Waals surface area contributed by atoms with E-state index in [9.17, 15) is 9.18 Å². The van der Waals surface area contributed by atoms with E-state index in [0.717, 1.165) is 5.69 Å². The second-order valence-electron chi connectivity index (χ2n) is 4.08. The van der Waals surface area contributed by atoms with Crippen molar-refractivity contribution in [2.45, 2.75) is 13.3 Å². The van der Waals surface area contributed by atoms with Gasteiger partial charge in [-0.1, -0.05) is 12.1 Å². The van der Waals surface area contributed by atoms with Gasteiger partial charge in [-0.25, -0.2) is 9.37 Å². The topological polar surface area (TPSA) is 52.1 Å². The third-order valence-electron chi connectivity index (χ3n) is 2.68. The summed E-state index contributed by atoms with van der Waals surface area (Å²) in [6.07, 6.45) is 2.84. The molecule has 0 saturated carbocycles. The number of aromatic nitrogens is 2. The van der Waals surface area contributed by atoms with E-state index < -0.39 is 5.82 Å². The molecule has 0 saturated heterocycles. The molecule has 0 fully saturated rings. The van der Waals surface area contributed by atoms with E-state index in [-0.39, 0.29) is 29.2 Å². The Morgan fingerprint density at radius 1 is 1.32 bits per heavy atom. The van der Waals surface area contributed by atoms with Crippen molar-refractivity contribution >= 4 is 5.78 Å². The van der Waals surface area contributed by atoms with Gasteiger partial charge in [0.05, 0.1) is 19.0 Å². The fourth-order valence-electron chi connectivity index (χ4n) is 1.65. The first-order valence-electron chi connectivity index (χ1n) is 5.75. The number of benzene rings is 1. The maximum atomic E-state index is 13.9. The molecule has 0 N–H and O–H groups in total. The normalized spacial score (nSPS) is 10.3. The highest BCUT2D eigenvalue weighted by molar-refractivity contribution is 5.95. The summed E-state index contributed by atoms with van der Waals surface area (Å²) in [5.41, 5.74) is 1.24. The van der Waals surface area contributed by atoms with Gasteiger partial charge in [0.1, 0.15) is 5.69 Å². The largest absolute Gasteiger partial charge is 0.494 e. The van der Waals surface area contributed by atoms with E-state index in [2.05, 4.69) is 9.97 Å². The van der Waals surface area contributed by atoms with Crippen LogP contribution in [0.2, 0.25) is 0 Å². The fraction of sp³-hybridized carbons (Fsp3) is 0.214. The molecule has 0 aliphatic rings. The number of hydrogen-bond acceptors (Lipinski definition) is 4. The van der Waals surface area contributed by atoms with E-state index in [1.807, 2.05) is 0 Å². The first kappa shape index (κ1) is 13.1. The summed E-state index contributed by atoms with van der Waals surface area (Å²) in [6.45, 7) is 1.78. The lowest BCUT2D eigenvalue weighted by atomic mass is 10.1. The molecule has 1 aromatic heterocycles. The maximum Gasteiger partial charge on any atom is 0.187 e. The van der Waals surface area contributed by atoms with Gasteiger partial charge in [-0.2, -0.15) is 0 Å². The van der Waals surface area contributed by atoms with Crippen LogP contribution in [0.1, 0.15) is 21.7 Å². The van der Waals surface area contributed by atoms with Crippen molar-refractivity contribution in [3.8, 4) is 5.75 Å². The molecule has 4 nitrogen and oxygen atoms in total. The highest BCUT2D eigenvalue weighted by Crippen LogP contribution is 2.21. The van der Waals surface area contributed by atoms with E-state index in [1.54, 1.807) is 19.1 Å². The van der Waals surface area contributed by atoms with E-state index in [4.69, 9.17) is 4.74 Å². The van der Waals surface area contributed by atoms with Gasteiger partial charge < -0.3 is 4.74 Å². The summed E-state index contributed by atoms with van der Waals surface area (Å²) in [4.78, 5) is 19.9. The average molecular weight is 260 g/mol. The number of nitrogens with zero attached hydrogens (tertiary/aromatic N) is 2. The van der Waals surface area contributed by atoms with E-state index in [1.165, 1.54) is 25.6 Å². The summed E-state index contributed by atoms with van der Waals surface area (Å²) < 4.78 is 18.8. The minimum atomic E-state index is -0.515. The average Bonchev–Trinajstić information content (AvgIpc) is 2.42. The predicted octanol–water partition coefficient (Wildman–Crippen LogP) is 2.36. The van der Waals surface area contributed by atoms with Gasteiger partial charge in [0.25, 0.3) is 0 Å². The van der Waals surface area contributed by atoms with Crippen molar-refractivity contribution in [1.82, 2.24) is 9.97 Å². The monoisotopic (exact) mass is 260 g/mol. The summed E-state index contributed by atoms with van der Waals surface area (Å²) in [5.74, 6) is -0.668. The number of rotatable bonds is 4. The third-order valence-corrected chi connectivity index (χ3v) is 2.68. The van der Waals surface area contributed by atoms with Gasteiger partial charge in [0, 0.05) is 12.6 Å². The summed E-state index contributed by atoms with van der Waals surface area (Å²) in [6, 6.07) is 4.71. The third kappa shape index (κ3) is 2.93. The lowest BCUT2D eigenvalue weighted by molar-refractivity contribution is 0.0986. The molecule has 0 aliphatic carbocycles. The second kappa shape index (κ2) is 5.56. The molecule has 2 rings (SSSR count). The van der Waals surface area contributed by atoms with Crippen molar-refractivity contribution in [3.05, 3.63) is 53.4 Å². The number of carbonyl (C=O) groups excluding carboxylic acids is 1. The fourth-order valence-corrected chi connectivity index (χ4v) is 1.65. The molecule has 0 bridgehead atoms. The molecular weight excluding hydrogens is 247 g/mol. The Balaban J connectivity index is 2.21. The number of halogens is 1. The lowest BCUT2D eigenvalue weighted by Gasteiger charge is -2.06. The lowest BCUT2D eigenvalue weighted by Crippen LogP contribution is -2.08. The summed E-state index contributed by atoms with van der Waals surface area (Å²) >= 11 is 0. The van der Waals surface area contributed by atoms with E-state index in [0.29, 0.717) is 0 Å². The molecule has 0 aliphatic heterocycles. The number of carbonyl (C=O) groups is 1. The molecule has 1 aromatic carbocycles. The van der Waals surface area contributed by atoms with Gasteiger partial charge in [0.15, 0.2) is 17.3 Å². The zero-order valence-electron chi connectivity index (χ0n) is 10.7. The predicted molar refractivity (Wildman–Crippen MR) is 67.8 cm³/mol. The molecule has 0 atom stereocenters. The zero-order chi connectivity index (χ0) is 13.8. The van der Waals surface area contributed by atoms with Gasteiger partial charge in [-0.15, -0.1) is 0 Å². The Kier molecular flexibility index (Phi) is 3.85. The Hall–Kier alpha value is -2.30. The van der Waals surface area contributed by atoms with Crippen LogP contribution in [-0.2, 0) is 6.42 Å². The molecule has 5 heteroatoms. The number of Topliss-reactive ketones (excluding diaryl/α,β-unsaturated/α-hetero) is 1. The molecule has 0 amide bonds. The Bertz CT molecular complexity index is 597. The van der Waals surface area contributed by atoms with Crippen LogP contribution in [0.25, 0.3) is 0 Å². The Labute approximate surface area is 110 Å². The standard InChI is InChI=1S/C14H13FN2O2/c1-9-7-17-11(8-16-9)12(18)6-10-4-3-5-13(19-2)14(10)15/h3-5,7-8H,6H2,1-2H3. The van der Waals surface area contributed by atoms with Crippen LogP contribution in [0.4, 0.5) is 4.39 Å². The van der Waals surface area contributed by atoms with Crippen LogP contribution in [-0.4, -0.2) is 22.9 Å². The molecule has 19 heavy (non-hydrogen) atoms. The van der Waals surface area contributed by atoms with Crippen molar-refractivity contribution in [3.63, 3.8) is 0 Å². The summed E-state index contributed by atoms with van der Waals surface area (Å²) in [7, 11) is 1.38. The first-order chi connectivity index (χ1) is 9.11. The maximum absolute atomic E-state index is 13.9. The first-order valence-corrected chi connectivity index (χ1v) is 5.75. The van der Waals surface area contributed by atoms with Crippen LogP contribution in [0, 0.1) is 12.7 Å². The molecule has 0 spiro atoms. The highest BCUT2D eigenvalue weighted by Gasteiger charge is 2.14. The molecular formula is C14H13FN2O2. The highest BCUT2D eigenvalue weighted by atomic mass is 19.1. The Morgan fingerprint density at radius 2 is 2.11 bits per heavy atom. The van der Waals surface area contributed by atoms with Crippen LogP contribution in [0.3, 0.4) is 0 Å². The molecule has 98 valence electrons. The van der Waals surface area contributed by atoms with Crippen LogP contribution in [0.15, 0.2) is 30.6 Å². The second-order valence-corrected chi connectivity index (χ2v) is 4.08. The zero-order valence-corrected chi connectivity index (χ0v) is 10.7. The van der Waals surface area contributed by atoms with E-state index >= 15 is 0 Å². The van der Waals surface area contributed by atoms with Gasteiger partial charge >= 0.3 is 0 Å². The van der Waals surface area contributed by atoms with Crippen molar-refractivity contribution in [2.24, 2.45) is 0 Å². The van der Waals surface area contributed by atoms with Crippen molar-refractivity contribution in [2.75, 3.05) is 7.11 Å². The Morgan fingerprint density at radius 3 is 2.74 bits per heavy atom. The van der Waals surface area contributed by atoms with Crippen LogP contribution < -0.4 is 4.74 Å². The van der Waals surface area contributed by atoms with Crippen molar-refractivity contribution < 1.29 is 13.9 Å². The number of aryl methyl sites for hydroxylation is 1. The number of ether oxygens (including phenoxy) is 1. The molecule has 0 radical (unpaired) electrons. The number of hydrogen-bond donors (Lipinski definition) is 0. The quantitative estimate of drug-likeness (QED) is 0.792. The van der Waals surface area contributed by atoms with Crippen molar-refractivity contribution in [1.29, 1.82) is 0 Å². The number of ketones is 1. The molecule has 1 heterocycles. The van der Waals surface area contributed by atoms with Crippen LogP contribution >= 0.6 is 0 Å². The smallest absolute Gasteiger partial charge is 0.187 e. The SMILES string of the molecule is COc1cccc(CC(=O)c2cnc(C)cn2)c1F.